The lowest BCUT2D eigenvalue weighted by atomic mass is 9.71. The van der Waals surface area contributed by atoms with Crippen molar-refractivity contribution >= 4 is 5.91 Å². The maximum Gasteiger partial charge on any atom is 0.234 e. The molecule has 0 saturated heterocycles. The van der Waals surface area contributed by atoms with Crippen LogP contribution in [0.5, 0.6) is 11.5 Å². The molecule has 4 rings (SSSR count). The van der Waals surface area contributed by atoms with Crippen LogP contribution in [-0.4, -0.2) is 56.9 Å². The number of carbonyl (C=O) groups is 1. The lowest BCUT2D eigenvalue weighted by molar-refractivity contribution is -0.124. The molecule has 0 bridgehead atoms. The predicted molar refractivity (Wildman–Crippen MR) is 107 cm³/mol. The summed E-state index contributed by atoms with van der Waals surface area (Å²) in [4.78, 5) is 15.0. The first-order valence-electron chi connectivity index (χ1n) is 10.5. The summed E-state index contributed by atoms with van der Waals surface area (Å²) in [5.41, 5.74) is 2.82. The second-order valence-electron chi connectivity index (χ2n) is 8.58. The monoisotopic (exact) mass is 388 g/mol. The molecule has 0 aromatic heterocycles. The van der Waals surface area contributed by atoms with E-state index in [2.05, 4.69) is 29.3 Å². The van der Waals surface area contributed by atoms with Gasteiger partial charge in [-0.3, -0.25) is 9.69 Å². The molecule has 1 aromatic rings. The van der Waals surface area contributed by atoms with Crippen molar-refractivity contribution in [1.29, 1.82) is 0 Å². The Bertz CT molecular complexity index is 729. The van der Waals surface area contributed by atoms with Crippen LogP contribution in [0.25, 0.3) is 0 Å². The van der Waals surface area contributed by atoms with Crippen molar-refractivity contribution in [2.45, 2.75) is 57.0 Å². The van der Waals surface area contributed by atoms with Crippen molar-refractivity contribution in [2.24, 2.45) is 0 Å². The van der Waals surface area contributed by atoms with Crippen LogP contribution < -0.4 is 14.8 Å². The van der Waals surface area contributed by atoms with Crippen LogP contribution in [0, 0.1) is 0 Å². The SMILES string of the molecule is COCC(C)NC(=O)CN1CC2(CCCC2)c2cc3c(cc2C1C)OCCO3. The zero-order valence-corrected chi connectivity index (χ0v) is 17.3. The van der Waals surface area contributed by atoms with Gasteiger partial charge in [0.2, 0.25) is 5.91 Å². The Hall–Kier alpha value is -1.79. The molecule has 1 aromatic carbocycles. The highest BCUT2D eigenvalue weighted by Gasteiger charge is 2.45. The Balaban J connectivity index is 1.61. The van der Waals surface area contributed by atoms with Crippen molar-refractivity contribution in [2.75, 3.05) is 40.0 Å². The summed E-state index contributed by atoms with van der Waals surface area (Å²) in [6.45, 7) is 7.23. The Kier molecular flexibility index (Phi) is 5.52. The number of ether oxygens (including phenoxy) is 3. The van der Waals surface area contributed by atoms with Gasteiger partial charge in [0.15, 0.2) is 11.5 Å². The van der Waals surface area contributed by atoms with E-state index in [1.54, 1.807) is 7.11 Å². The Labute approximate surface area is 167 Å². The Morgan fingerprint density at radius 2 is 1.96 bits per heavy atom. The summed E-state index contributed by atoms with van der Waals surface area (Å²) in [5.74, 6) is 1.78. The minimum atomic E-state index is 0.0166. The van der Waals surface area contributed by atoms with Crippen molar-refractivity contribution < 1.29 is 19.0 Å². The molecular formula is C22H32N2O4. The number of amides is 1. The fraction of sp³-hybridized carbons (Fsp3) is 0.682. The van der Waals surface area contributed by atoms with Crippen molar-refractivity contribution in [3.63, 3.8) is 0 Å². The Morgan fingerprint density at radius 1 is 1.29 bits per heavy atom. The summed E-state index contributed by atoms with van der Waals surface area (Å²) >= 11 is 0. The number of benzene rings is 1. The van der Waals surface area contributed by atoms with Gasteiger partial charge < -0.3 is 19.5 Å². The van der Waals surface area contributed by atoms with Gasteiger partial charge in [0.25, 0.3) is 0 Å². The second-order valence-corrected chi connectivity index (χ2v) is 8.58. The van der Waals surface area contributed by atoms with Gasteiger partial charge >= 0.3 is 0 Å². The third kappa shape index (κ3) is 3.60. The number of rotatable bonds is 5. The van der Waals surface area contributed by atoms with Crippen molar-refractivity contribution in [3.8, 4) is 11.5 Å². The van der Waals surface area contributed by atoms with E-state index in [1.165, 1.54) is 36.8 Å². The van der Waals surface area contributed by atoms with Crippen LogP contribution in [-0.2, 0) is 14.9 Å². The highest BCUT2D eigenvalue weighted by Crippen LogP contribution is 2.51. The smallest absolute Gasteiger partial charge is 0.234 e. The zero-order valence-electron chi connectivity index (χ0n) is 17.3. The lowest BCUT2D eigenvalue weighted by Gasteiger charge is -2.46. The molecule has 2 unspecified atom stereocenters. The largest absolute Gasteiger partial charge is 0.486 e. The molecule has 1 N–H and O–H groups in total. The van der Waals surface area contributed by atoms with E-state index >= 15 is 0 Å². The van der Waals surface area contributed by atoms with Crippen LogP contribution in [0.1, 0.15) is 56.7 Å². The van der Waals surface area contributed by atoms with Crippen LogP contribution in [0.2, 0.25) is 0 Å². The van der Waals surface area contributed by atoms with Crippen LogP contribution in [0.3, 0.4) is 0 Å². The van der Waals surface area contributed by atoms with Gasteiger partial charge in [-0.05, 0) is 49.9 Å². The molecule has 154 valence electrons. The molecule has 2 heterocycles. The van der Waals surface area contributed by atoms with Gasteiger partial charge in [0, 0.05) is 31.2 Å². The van der Waals surface area contributed by atoms with Crippen LogP contribution in [0.4, 0.5) is 0 Å². The fourth-order valence-electron chi connectivity index (χ4n) is 5.19. The molecule has 1 saturated carbocycles. The summed E-state index contributed by atoms with van der Waals surface area (Å²) in [6, 6.07) is 4.57. The number of methoxy groups -OCH3 is 1. The first-order valence-corrected chi connectivity index (χ1v) is 10.5. The molecule has 1 fully saturated rings. The van der Waals surface area contributed by atoms with Crippen molar-refractivity contribution in [3.05, 3.63) is 23.3 Å². The molecule has 2 aliphatic heterocycles. The summed E-state index contributed by atoms with van der Waals surface area (Å²) in [7, 11) is 1.66. The van der Waals surface area contributed by atoms with E-state index in [4.69, 9.17) is 14.2 Å². The highest BCUT2D eigenvalue weighted by molar-refractivity contribution is 5.78. The molecule has 1 aliphatic carbocycles. The van der Waals surface area contributed by atoms with E-state index in [1.807, 2.05) is 6.92 Å². The van der Waals surface area contributed by atoms with Gasteiger partial charge in [-0.1, -0.05) is 12.8 Å². The maximum atomic E-state index is 12.6. The zero-order chi connectivity index (χ0) is 19.7. The van der Waals surface area contributed by atoms with E-state index in [-0.39, 0.29) is 23.4 Å². The molecule has 6 heteroatoms. The van der Waals surface area contributed by atoms with E-state index < -0.39 is 0 Å². The fourth-order valence-corrected chi connectivity index (χ4v) is 5.19. The van der Waals surface area contributed by atoms with Crippen molar-refractivity contribution in [1.82, 2.24) is 10.2 Å². The quantitative estimate of drug-likeness (QED) is 0.841. The molecule has 3 aliphatic rings. The van der Waals surface area contributed by atoms with E-state index in [0.717, 1.165) is 18.0 Å². The number of carbonyl (C=O) groups excluding carboxylic acids is 1. The van der Waals surface area contributed by atoms with E-state index in [0.29, 0.717) is 26.4 Å². The van der Waals surface area contributed by atoms with Gasteiger partial charge in [-0.25, -0.2) is 0 Å². The molecule has 1 amide bonds. The highest BCUT2D eigenvalue weighted by atomic mass is 16.6. The second kappa shape index (κ2) is 7.91. The number of hydrogen-bond donors (Lipinski definition) is 1. The third-order valence-electron chi connectivity index (χ3n) is 6.52. The molecule has 2 atom stereocenters. The standard InChI is InChI=1S/C22H32N2O4/c1-15(13-26-3)23-21(25)12-24-14-22(6-4-5-7-22)18-11-20-19(27-8-9-28-20)10-17(18)16(24)2/h10-11,15-16H,4-9,12-14H2,1-3H3,(H,23,25). The van der Waals surface area contributed by atoms with Crippen LogP contribution in [0.15, 0.2) is 12.1 Å². The minimum Gasteiger partial charge on any atom is -0.486 e. The molecule has 0 radical (unpaired) electrons. The molecule has 1 spiro atoms. The summed E-state index contributed by atoms with van der Waals surface area (Å²) in [6.07, 6.45) is 4.83. The first-order chi connectivity index (χ1) is 13.5. The first kappa shape index (κ1) is 19.5. The number of nitrogens with one attached hydrogen (secondary N) is 1. The molecule has 6 nitrogen and oxygen atoms in total. The van der Waals surface area contributed by atoms with Gasteiger partial charge in [-0.2, -0.15) is 0 Å². The van der Waals surface area contributed by atoms with Gasteiger partial charge in [0.1, 0.15) is 13.2 Å². The number of fused-ring (bicyclic) bond motifs is 3. The summed E-state index contributed by atoms with van der Waals surface area (Å²) < 4.78 is 16.9. The number of hydrogen-bond acceptors (Lipinski definition) is 5. The average molecular weight is 389 g/mol. The van der Waals surface area contributed by atoms with E-state index in [9.17, 15) is 4.79 Å². The lowest BCUT2D eigenvalue weighted by Crippen LogP contribution is -2.50. The predicted octanol–water partition coefficient (Wildman–Crippen LogP) is 2.80. The number of nitrogens with zero attached hydrogens (tertiary/aromatic N) is 1. The minimum absolute atomic E-state index is 0.0166. The topological polar surface area (TPSA) is 60.0 Å². The van der Waals surface area contributed by atoms with Crippen LogP contribution >= 0.6 is 0 Å². The Morgan fingerprint density at radius 3 is 2.64 bits per heavy atom. The maximum absolute atomic E-state index is 12.6. The van der Waals surface area contributed by atoms with Gasteiger partial charge in [-0.15, -0.1) is 0 Å². The average Bonchev–Trinajstić information content (AvgIpc) is 3.14. The molecular weight excluding hydrogens is 356 g/mol. The normalized spacial score (nSPS) is 24.0. The molecule has 28 heavy (non-hydrogen) atoms. The third-order valence-corrected chi connectivity index (χ3v) is 6.52. The van der Waals surface area contributed by atoms with Gasteiger partial charge in [0.05, 0.1) is 13.2 Å². The summed E-state index contributed by atoms with van der Waals surface area (Å²) in [5, 5.41) is 3.05.